The number of halogens is 1. The van der Waals surface area contributed by atoms with Crippen LogP contribution in [0.3, 0.4) is 0 Å². The van der Waals surface area contributed by atoms with Crippen LogP contribution in [-0.4, -0.2) is 16.6 Å². The lowest BCUT2D eigenvalue weighted by molar-refractivity contribution is 0.272. The summed E-state index contributed by atoms with van der Waals surface area (Å²) in [7, 11) is 0. The van der Waals surface area contributed by atoms with E-state index < -0.39 is 0 Å². The molecule has 0 radical (unpaired) electrons. The summed E-state index contributed by atoms with van der Waals surface area (Å²) in [6, 6.07) is 6.29. The van der Waals surface area contributed by atoms with Gasteiger partial charge in [-0.15, -0.1) is 0 Å². The van der Waals surface area contributed by atoms with Crippen molar-refractivity contribution in [2.24, 2.45) is 0 Å². The monoisotopic (exact) mass is 305 g/mol. The molecule has 2 heterocycles. The van der Waals surface area contributed by atoms with Crippen molar-refractivity contribution in [1.29, 1.82) is 0 Å². The van der Waals surface area contributed by atoms with Crippen LogP contribution in [0.4, 0.5) is 5.82 Å². The van der Waals surface area contributed by atoms with Gasteiger partial charge in [0.25, 0.3) is 0 Å². The van der Waals surface area contributed by atoms with E-state index in [1.807, 2.05) is 12.1 Å². The van der Waals surface area contributed by atoms with Gasteiger partial charge in [-0.3, -0.25) is 4.98 Å². The first-order valence-corrected chi connectivity index (χ1v) is 6.57. The molecule has 0 fully saturated rings. The van der Waals surface area contributed by atoms with Crippen LogP contribution in [0.5, 0.6) is 5.75 Å². The lowest BCUT2D eigenvalue weighted by Crippen LogP contribution is -2.21. The zero-order valence-electron chi connectivity index (χ0n) is 9.64. The Morgan fingerprint density at radius 1 is 1.33 bits per heavy atom. The van der Waals surface area contributed by atoms with Crippen molar-refractivity contribution in [2.45, 2.75) is 12.5 Å². The van der Waals surface area contributed by atoms with E-state index in [4.69, 9.17) is 4.74 Å². The summed E-state index contributed by atoms with van der Waals surface area (Å²) < 4.78 is 6.69. The number of para-hydroxylation sites is 1. The Balaban J connectivity index is 1.90. The van der Waals surface area contributed by atoms with E-state index in [2.05, 4.69) is 37.3 Å². The van der Waals surface area contributed by atoms with Crippen molar-refractivity contribution < 1.29 is 4.74 Å². The molecular weight excluding hydrogens is 294 g/mol. The number of aromatic nitrogens is 2. The molecule has 0 spiro atoms. The highest BCUT2D eigenvalue weighted by Crippen LogP contribution is 2.38. The largest absolute Gasteiger partial charge is 0.492 e. The number of anilines is 1. The maximum Gasteiger partial charge on any atom is 0.144 e. The van der Waals surface area contributed by atoms with E-state index in [1.54, 1.807) is 18.6 Å². The van der Waals surface area contributed by atoms with Gasteiger partial charge in [-0.1, -0.05) is 12.1 Å². The normalized spacial score (nSPS) is 17.7. The first-order valence-electron chi connectivity index (χ1n) is 5.78. The zero-order valence-corrected chi connectivity index (χ0v) is 11.2. The van der Waals surface area contributed by atoms with Crippen molar-refractivity contribution in [3.8, 4) is 5.75 Å². The fourth-order valence-electron chi connectivity index (χ4n) is 2.09. The first-order chi connectivity index (χ1) is 8.84. The topological polar surface area (TPSA) is 47.0 Å². The molecule has 92 valence electrons. The molecule has 1 aliphatic heterocycles. The second-order valence-electron chi connectivity index (χ2n) is 4.08. The van der Waals surface area contributed by atoms with Gasteiger partial charge in [-0.25, -0.2) is 4.98 Å². The van der Waals surface area contributed by atoms with Crippen LogP contribution < -0.4 is 10.1 Å². The van der Waals surface area contributed by atoms with Crippen molar-refractivity contribution in [1.82, 2.24) is 9.97 Å². The maximum absolute atomic E-state index is 5.70. The Morgan fingerprint density at radius 3 is 3.11 bits per heavy atom. The van der Waals surface area contributed by atoms with Crippen molar-refractivity contribution in [3.63, 3.8) is 0 Å². The number of benzene rings is 1. The van der Waals surface area contributed by atoms with Gasteiger partial charge in [-0.2, -0.15) is 0 Å². The fraction of sp³-hybridized carbons (Fsp3) is 0.231. The van der Waals surface area contributed by atoms with Gasteiger partial charge in [0, 0.05) is 24.4 Å². The Morgan fingerprint density at radius 2 is 2.28 bits per heavy atom. The van der Waals surface area contributed by atoms with Crippen LogP contribution in [0.2, 0.25) is 0 Å². The van der Waals surface area contributed by atoms with E-state index in [-0.39, 0.29) is 6.04 Å². The number of nitrogens with zero attached hydrogens (tertiary/aromatic N) is 2. The molecule has 3 rings (SSSR count). The molecule has 1 aromatic carbocycles. The summed E-state index contributed by atoms with van der Waals surface area (Å²) in [6.07, 6.45) is 6.00. The molecule has 2 aromatic rings. The lowest BCUT2D eigenvalue weighted by atomic mass is 10.0. The van der Waals surface area contributed by atoms with Crippen LogP contribution in [-0.2, 0) is 0 Å². The standard InChI is InChI=1S/C13H12BrN3O/c14-10-3-1-2-9-11(4-7-18-13(9)10)17-12-8-15-5-6-16-12/h1-3,5-6,8,11H,4,7H2,(H,16,17). The highest BCUT2D eigenvalue weighted by molar-refractivity contribution is 9.10. The van der Waals surface area contributed by atoms with Gasteiger partial charge in [0.15, 0.2) is 0 Å². The molecule has 1 aliphatic rings. The molecule has 0 saturated carbocycles. The number of rotatable bonds is 2. The fourth-order valence-corrected chi connectivity index (χ4v) is 2.58. The summed E-state index contributed by atoms with van der Waals surface area (Å²) in [5.41, 5.74) is 1.15. The summed E-state index contributed by atoms with van der Waals surface area (Å²) in [4.78, 5) is 8.30. The number of nitrogens with one attached hydrogen (secondary N) is 1. The molecule has 0 bridgehead atoms. The van der Waals surface area contributed by atoms with Crippen LogP contribution in [0.25, 0.3) is 0 Å². The average molecular weight is 306 g/mol. The Hall–Kier alpha value is -1.62. The number of hydrogen-bond donors (Lipinski definition) is 1. The molecule has 5 heteroatoms. The molecular formula is C13H12BrN3O. The predicted octanol–water partition coefficient (Wildman–Crippen LogP) is 3.17. The minimum Gasteiger partial charge on any atom is -0.492 e. The molecule has 1 aromatic heterocycles. The van der Waals surface area contributed by atoms with Gasteiger partial charge in [0.1, 0.15) is 11.6 Å². The van der Waals surface area contributed by atoms with Gasteiger partial charge in [0.05, 0.1) is 23.3 Å². The molecule has 0 amide bonds. The Kier molecular flexibility index (Phi) is 3.15. The van der Waals surface area contributed by atoms with Crippen molar-refractivity contribution in [3.05, 3.63) is 46.8 Å². The smallest absolute Gasteiger partial charge is 0.144 e. The minimum atomic E-state index is 0.211. The van der Waals surface area contributed by atoms with E-state index in [9.17, 15) is 0 Å². The highest BCUT2D eigenvalue weighted by Gasteiger charge is 2.23. The molecule has 1 unspecified atom stereocenters. The van der Waals surface area contributed by atoms with Crippen LogP contribution >= 0.6 is 15.9 Å². The maximum atomic E-state index is 5.70. The van der Waals surface area contributed by atoms with E-state index >= 15 is 0 Å². The zero-order chi connectivity index (χ0) is 12.4. The number of hydrogen-bond acceptors (Lipinski definition) is 4. The average Bonchev–Trinajstić information content (AvgIpc) is 2.41. The third-order valence-electron chi connectivity index (χ3n) is 2.91. The van der Waals surface area contributed by atoms with Gasteiger partial charge < -0.3 is 10.1 Å². The number of ether oxygens (including phenoxy) is 1. The van der Waals surface area contributed by atoms with E-state index in [1.165, 1.54) is 0 Å². The van der Waals surface area contributed by atoms with Crippen molar-refractivity contribution >= 4 is 21.7 Å². The molecule has 1 N–H and O–H groups in total. The number of fused-ring (bicyclic) bond motifs is 1. The molecule has 0 aliphatic carbocycles. The third kappa shape index (κ3) is 2.18. The third-order valence-corrected chi connectivity index (χ3v) is 3.54. The lowest BCUT2D eigenvalue weighted by Gasteiger charge is -2.27. The van der Waals surface area contributed by atoms with Gasteiger partial charge in [0.2, 0.25) is 0 Å². The molecule has 18 heavy (non-hydrogen) atoms. The SMILES string of the molecule is Brc1cccc2c1OCCC2Nc1cnccn1. The van der Waals surface area contributed by atoms with Crippen molar-refractivity contribution in [2.75, 3.05) is 11.9 Å². The van der Waals surface area contributed by atoms with Crippen LogP contribution in [0, 0.1) is 0 Å². The van der Waals surface area contributed by atoms with Gasteiger partial charge in [-0.05, 0) is 22.0 Å². The molecule has 1 atom stereocenters. The second kappa shape index (κ2) is 4.94. The molecule has 0 saturated heterocycles. The molecule has 4 nitrogen and oxygen atoms in total. The highest BCUT2D eigenvalue weighted by atomic mass is 79.9. The quantitative estimate of drug-likeness (QED) is 0.926. The summed E-state index contributed by atoms with van der Waals surface area (Å²) in [5.74, 6) is 1.71. The van der Waals surface area contributed by atoms with E-state index in [0.29, 0.717) is 6.61 Å². The van der Waals surface area contributed by atoms with Crippen LogP contribution in [0.15, 0.2) is 41.3 Å². The van der Waals surface area contributed by atoms with Crippen LogP contribution in [0.1, 0.15) is 18.0 Å². The van der Waals surface area contributed by atoms with E-state index in [0.717, 1.165) is 28.0 Å². The predicted molar refractivity (Wildman–Crippen MR) is 72.6 cm³/mol. The Bertz CT molecular complexity index is 547. The van der Waals surface area contributed by atoms with Gasteiger partial charge >= 0.3 is 0 Å². The summed E-state index contributed by atoms with van der Waals surface area (Å²) >= 11 is 3.51. The first kappa shape index (κ1) is 11.5. The summed E-state index contributed by atoms with van der Waals surface area (Å²) in [6.45, 7) is 0.702. The second-order valence-corrected chi connectivity index (χ2v) is 4.94. The minimum absolute atomic E-state index is 0.211. The Labute approximate surface area is 114 Å². The summed E-state index contributed by atoms with van der Waals surface area (Å²) in [5, 5.41) is 3.39.